The van der Waals surface area contributed by atoms with Crippen LogP contribution in [0.25, 0.3) is 0 Å². The van der Waals surface area contributed by atoms with Gasteiger partial charge >= 0.3 is 0 Å². The minimum absolute atomic E-state index is 0.237. The number of rotatable bonds is 3. The van der Waals surface area contributed by atoms with Gasteiger partial charge in [0.25, 0.3) is 0 Å². The van der Waals surface area contributed by atoms with Gasteiger partial charge in [-0.2, -0.15) is 0 Å². The van der Waals surface area contributed by atoms with Gasteiger partial charge in [-0.15, -0.1) is 11.3 Å². The lowest BCUT2D eigenvalue weighted by atomic mass is 9.89. The van der Waals surface area contributed by atoms with Gasteiger partial charge in [0, 0.05) is 9.35 Å². The number of nitrogens with one attached hydrogen (secondary N) is 1. The maximum atomic E-state index is 3.60. The summed E-state index contributed by atoms with van der Waals surface area (Å²) in [6, 6.07) is 4.72. The number of thiophene rings is 1. The number of hydrogen-bond donors (Lipinski definition) is 1. The van der Waals surface area contributed by atoms with Crippen LogP contribution in [0.4, 0.5) is 0 Å². The van der Waals surface area contributed by atoms with Crippen LogP contribution in [-0.2, 0) is 0 Å². The summed E-state index contributed by atoms with van der Waals surface area (Å²) >= 11 is 8.96. The van der Waals surface area contributed by atoms with Gasteiger partial charge in [0.15, 0.2) is 0 Å². The molecule has 1 aromatic heterocycles. The molecule has 0 bridgehead atoms. The lowest BCUT2D eigenvalue weighted by Gasteiger charge is -2.23. The van der Waals surface area contributed by atoms with E-state index in [0.29, 0.717) is 0 Å². The zero-order chi connectivity index (χ0) is 15.0. The van der Waals surface area contributed by atoms with Crippen LogP contribution in [-0.4, -0.2) is 7.05 Å². The number of benzene rings is 1. The molecule has 0 aliphatic carbocycles. The van der Waals surface area contributed by atoms with Crippen LogP contribution in [0.3, 0.4) is 0 Å². The molecule has 0 fully saturated rings. The molecule has 0 amide bonds. The fourth-order valence-corrected chi connectivity index (χ4v) is 4.82. The largest absolute Gasteiger partial charge is 0.309 e. The predicted octanol–water partition coefficient (Wildman–Crippen LogP) is 5.82. The molecule has 0 spiro atoms. The third-order valence-electron chi connectivity index (χ3n) is 3.95. The van der Waals surface area contributed by atoms with Crippen molar-refractivity contribution in [3.05, 3.63) is 53.1 Å². The molecule has 1 heterocycles. The van der Waals surface area contributed by atoms with E-state index in [2.05, 4.69) is 77.0 Å². The summed E-state index contributed by atoms with van der Waals surface area (Å²) in [5.41, 5.74) is 6.89. The van der Waals surface area contributed by atoms with Gasteiger partial charge in [0.05, 0.1) is 9.83 Å². The SMILES string of the molecule is CNC(c1cc(Br)c(Br)s1)c1c(C)c(C)cc(C)c1C. The average Bonchev–Trinajstić information content (AvgIpc) is 2.72. The Hall–Kier alpha value is -0.160. The molecule has 4 heteroatoms. The molecule has 2 rings (SSSR count). The van der Waals surface area contributed by atoms with E-state index in [1.165, 1.54) is 32.7 Å². The zero-order valence-electron chi connectivity index (χ0n) is 12.4. The third kappa shape index (κ3) is 2.89. The third-order valence-corrected chi connectivity index (χ3v) is 7.27. The Morgan fingerprint density at radius 1 is 1.00 bits per heavy atom. The first-order valence-corrected chi connectivity index (χ1v) is 8.96. The van der Waals surface area contributed by atoms with Gasteiger partial charge in [0.2, 0.25) is 0 Å². The fourth-order valence-electron chi connectivity index (χ4n) is 2.61. The van der Waals surface area contributed by atoms with Gasteiger partial charge in [0.1, 0.15) is 0 Å². The molecule has 1 aromatic carbocycles. The standard InChI is InChI=1S/C16H19Br2NS/c1-8-6-9(2)11(4)14(10(8)3)15(19-5)13-7-12(17)16(18)20-13/h6-7,15,19H,1-5H3. The fraction of sp³-hybridized carbons (Fsp3) is 0.375. The van der Waals surface area contributed by atoms with Crippen molar-refractivity contribution >= 4 is 43.2 Å². The average molecular weight is 417 g/mol. The van der Waals surface area contributed by atoms with Crippen molar-refractivity contribution in [2.45, 2.75) is 33.7 Å². The second-order valence-electron chi connectivity index (χ2n) is 5.17. The number of halogens is 2. The molecule has 1 nitrogen and oxygen atoms in total. The highest BCUT2D eigenvalue weighted by Crippen LogP contribution is 2.39. The maximum Gasteiger partial charge on any atom is 0.0843 e. The molecule has 0 radical (unpaired) electrons. The van der Waals surface area contributed by atoms with Crippen LogP contribution in [0.15, 0.2) is 20.4 Å². The van der Waals surface area contributed by atoms with Crippen LogP contribution in [0.5, 0.6) is 0 Å². The summed E-state index contributed by atoms with van der Waals surface area (Å²) in [7, 11) is 2.03. The quantitative estimate of drug-likeness (QED) is 0.664. The van der Waals surface area contributed by atoms with Crippen LogP contribution in [0.1, 0.15) is 38.7 Å². The molecule has 1 unspecified atom stereocenters. The zero-order valence-corrected chi connectivity index (χ0v) is 16.4. The molecule has 0 saturated carbocycles. The molecular weight excluding hydrogens is 398 g/mol. The lowest BCUT2D eigenvalue weighted by Crippen LogP contribution is -2.19. The molecule has 108 valence electrons. The summed E-state index contributed by atoms with van der Waals surface area (Å²) in [6.45, 7) is 8.83. The van der Waals surface area contributed by atoms with Crippen molar-refractivity contribution < 1.29 is 0 Å². The van der Waals surface area contributed by atoms with Crippen LogP contribution in [0.2, 0.25) is 0 Å². The number of aryl methyl sites for hydroxylation is 2. The molecule has 2 aromatic rings. The summed E-state index contributed by atoms with van der Waals surface area (Å²) in [4.78, 5) is 1.32. The predicted molar refractivity (Wildman–Crippen MR) is 96.0 cm³/mol. The summed E-state index contributed by atoms with van der Waals surface area (Å²) < 4.78 is 2.27. The van der Waals surface area contributed by atoms with E-state index < -0.39 is 0 Å². The molecule has 1 N–H and O–H groups in total. The smallest absolute Gasteiger partial charge is 0.0843 e. The lowest BCUT2D eigenvalue weighted by molar-refractivity contribution is 0.692. The van der Waals surface area contributed by atoms with E-state index in [-0.39, 0.29) is 6.04 Å². The van der Waals surface area contributed by atoms with E-state index in [0.717, 1.165) is 8.26 Å². The first-order chi connectivity index (χ1) is 9.36. The monoisotopic (exact) mass is 415 g/mol. The second-order valence-corrected chi connectivity index (χ2v) is 8.42. The van der Waals surface area contributed by atoms with Crippen LogP contribution >= 0.6 is 43.2 Å². The molecule has 0 aliphatic heterocycles. The van der Waals surface area contributed by atoms with Gasteiger partial charge in [-0.3, -0.25) is 0 Å². The van der Waals surface area contributed by atoms with Crippen molar-refractivity contribution in [1.29, 1.82) is 0 Å². The maximum absolute atomic E-state index is 3.60. The molecular formula is C16H19Br2NS. The van der Waals surface area contributed by atoms with E-state index in [1.807, 2.05) is 7.05 Å². The first kappa shape index (κ1) is 16.2. The highest BCUT2D eigenvalue weighted by Gasteiger charge is 2.21. The molecule has 1 atom stereocenters. The van der Waals surface area contributed by atoms with Gasteiger partial charge in [-0.05, 0) is 100 Å². The first-order valence-electron chi connectivity index (χ1n) is 6.56. The van der Waals surface area contributed by atoms with Crippen molar-refractivity contribution in [1.82, 2.24) is 5.32 Å². The Morgan fingerprint density at radius 3 is 1.95 bits per heavy atom. The Labute approximate surface area is 142 Å². The molecule has 20 heavy (non-hydrogen) atoms. The summed E-state index contributed by atoms with van der Waals surface area (Å²) in [5, 5.41) is 3.48. The topological polar surface area (TPSA) is 12.0 Å². The Balaban J connectivity index is 2.63. The van der Waals surface area contributed by atoms with E-state index in [1.54, 1.807) is 11.3 Å². The van der Waals surface area contributed by atoms with E-state index in [9.17, 15) is 0 Å². The van der Waals surface area contributed by atoms with Crippen LogP contribution in [0, 0.1) is 27.7 Å². The highest BCUT2D eigenvalue weighted by atomic mass is 79.9. The van der Waals surface area contributed by atoms with Crippen molar-refractivity contribution in [2.75, 3.05) is 7.05 Å². The summed E-state index contributed by atoms with van der Waals surface area (Å²) in [6.07, 6.45) is 0. The van der Waals surface area contributed by atoms with Crippen molar-refractivity contribution in [3.63, 3.8) is 0 Å². The van der Waals surface area contributed by atoms with Crippen molar-refractivity contribution in [2.24, 2.45) is 0 Å². The van der Waals surface area contributed by atoms with Gasteiger partial charge in [-0.1, -0.05) is 6.07 Å². The van der Waals surface area contributed by atoms with Crippen LogP contribution < -0.4 is 5.32 Å². The second kappa shape index (κ2) is 6.30. The highest BCUT2D eigenvalue weighted by molar-refractivity contribution is 9.13. The van der Waals surface area contributed by atoms with Gasteiger partial charge in [-0.25, -0.2) is 0 Å². The Morgan fingerprint density at radius 2 is 1.55 bits per heavy atom. The van der Waals surface area contributed by atoms with E-state index >= 15 is 0 Å². The molecule has 0 saturated heterocycles. The van der Waals surface area contributed by atoms with E-state index in [4.69, 9.17) is 0 Å². The minimum atomic E-state index is 0.237. The molecule has 0 aliphatic rings. The summed E-state index contributed by atoms with van der Waals surface area (Å²) in [5.74, 6) is 0. The van der Waals surface area contributed by atoms with Crippen molar-refractivity contribution in [3.8, 4) is 0 Å². The minimum Gasteiger partial charge on any atom is -0.309 e. The van der Waals surface area contributed by atoms with Gasteiger partial charge < -0.3 is 5.32 Å². The number of hydrogen-bond acceptors (Lipinski definition) is 2. The Bertz CT molecular complexity index is 601. The Kier molecular flexibility index (Phi) is 5.11. The normalized spacial score (nSPS) is 12.8.